The van der Waals surface area contributed by atoms with Crippen molar-refractivity contribution in [3.05, 3.63) is 112 Å². The number of carbonyl (C=O) groups is 2. The zero-order valence-electron chi connectivity index (χ0n) is 25.2. The zero-order chi connectivity index (χ0) is 32.9. The molecule has 0 bridgehead atoms. The maximum absolute atomic E-state index is 13.9. The number of anilines is 1. The molecule has 6 nitrogen and oxygen atoms in total. The first-order valence-corrected chi connectivity index (χ1v) is 14.5. The number of ketones is 1. The number of halogens is 4. The van der Waals surface area contributed by atoms with Gasteiger partial charge in [-0.15, -0.1) is 0 Å². The van der Waals surface area contributed by atoms with E-state index in [2.05, 4.69) is 0 Å². The quantitative estimate of drug-likeness (QED) is 0.156. The largest absolute Gasteiger partial charge is 0.496 e. The van der Waals surface area contributed by atoms with Crippen LogP contribution in [-0.4, -0.2) is 36.1 Å². The highest BCUT2D eigenvalue weighted by Crippen LogP contribution is 2.39. The summed E-state index contributed by atoms with van der Waals surface area (Å²) in [5.41, 5.74) is 0.425. The first kappa shape index (κ1) is 33.4. The van der Waals surface area contributed by atoms with Crippen LogP contribution in [0, 0.1) is 0 Å². The van der Waals surface area contributed by atoms with Gasteiger partial charge in [0.2, 0.25) is 5.78 Å². The van der Waals surface area contributed by atoms with E-state index in [0.717, 1.165) is 12.1 Å². The highest BCUT2D eigenvalue weighted by atomic mass is 35.5. The van der Waals surface area contributed by atoms with Crippen LogP contribution in [-0.2, 0) is 23.9 Å². The van der Waals surface area contributed by atoms with Crippen LogP contribution >= 0.6 is 11.6 Å². The molecule has 4 aromatic rings. The normalized spacial score (nSPS) is 11.6. The molecule has 0 heterocycles. The smallest absolute Gasteiger partial charge is 0.416 e. The van der Waals surface area contributed by atoms with E-state index >= 15 is 0 Å². The van der Waals surface area contributed by atoms with Gasteiger partial charge in [-0.3, -0.25) is 9.59 Å². The van der Waals surface area contributed by atoms with Gasteiger partial charge in [0.15, 0.2) is 5.60 Å². The van der Waals surface area contributed by atoms with Crippen LogP contribution in [0.3, 0.4) is 0 Å². The predicted molar refractivity (Wildman–Crippen MR) is 168 cm³/mol. The molecule has 0 atom stereocenters. The number of Topliss-reactive ketones (excluding diaryl/α,β-unsaturated/α-hetero) is 1. The number of benzene rings is 4. The van der Waals surface area contributed by atoms with Crippen molar-refractivity contribution < 1.29 is 37.3 Å². The van der Waals surface area contributed by atoms with Crippen molar-refractivity contribution >= 4 is 29.0 Å². The third kappa shape index (κ3) is 7.97. The number of carbonyl (C=O) groups excluding carboxylic acids is 1. The number of nitrogens with zero attached hydrogens (tertiary/aromatic N) is 1. The Bertz CT molecular complexity index is 1690. The van der Waals surface area contributed by atoms with E-state index in [-0.39, 0.29) is 18.7 Å². The Labute approximate surface area is 265 Å². The van der Waals surface area contributed by atoms with Gasteiger partial charge >= 0.3 is 12.1 Å². The fraction of sp³-hybridized carbons (Fsp3) is 0.257. The van der Waals surface area contributed by atoms with Crippen molar-refractivity contribution in [3.63, 3.8) is 0 Å². The monoisotopic (exact) mass is 639 g/mol. The fourth-order valence-electron chi connectivity index (χ4n) is 5.10. The van der Waals surface area contributed by atoms with Crippen molar-refractivity contribution in [3.8, 4) is 22.6 Å². The molecule has 0 aliphatic carbocycles. The molecule has 0 spiro atoms. The van der Waals surface area contributed by atoms with Gasteiger partial charge in [-0.2, -0.15) is 13.2 Å². The Kier molecular flexibility index (Phi) is 10.1. The summed E-state index contributed by atoms with van der Waals surface area (Å²) < 4.78 is 53.4. The third-order valence-electron chi connectivity index (χ3n) is 7.31. The van der Waals surface area contributed by atoms with Gasteiger partial charge in [-0.05, 0) is 98.1 Å². The molecule has 0 saturated heterocycles. The summed E-state index contributed by atoms with van der Waals surface area (Å²) in [4.78, 5) is 27.1. The number of ether oxygens (including phenoxy) is 2. The van der Waals surface area contributed by atoms with Gasteiger partial charge in [-0.25, -0.2) is 0 Å². The van der Waals surface area contributed by atoms with Gasteiger partial charge in [0.1, 0.15) is 11.5 Å². The lowest BCUT2D eigenvalue weighted by molar-refractivity contribution is -0.138. The van der Waals surface area contributed by atoms with Gasteiger partial charge in [0, 0.05) is 34.9 Å². The maximum Gasteiger partial charge on any atom is 0.416 e. The summed E-state index contributed by atoms with van der Waals surface area (Å²) in [6.07, 6.45) is -4.87. The van der Waals surface area contributed by atoms with Gasteiger partial charge in [0.25, 0.3) is 0 Å². The fourth-order valence-corrected chi connectivity index (χ4v) is 5.22. The molecule has 4 aromatic carbocycles. The Morgan fingerprint density at radius 2 is 1.60 bits per heavy atom. The minimum absolute atomic E-state index is 0.00479. The van der Waals surface area contributed by atoms with E-state index in [1.165, 1.54) is 13.2 Å². The first-order valence-electron chi connectivity index (χ1n) is 14.2. The lowest BCUT2D eigenvalue weighted by Gasteiger charge is -2.30. The number of hydrogen-bond acceptors (Lipinski definition) is 5. The van der Waals surface area contributed by atoms with Crippen LogP contribution in [0.25, 0.3) is 11.1 Å². The summed E-state index contributed by atoms with van der Waals surface area (Å²) >= 11 is 5.99. The summed E-state index contributed by atoms with van der Waals surface area (Å²) in [6.45, 7) is 5.51. The Hall–Kier alpha value is -4.50. The van der Waals surface area contributed by atoms with E-state index in [0.29, 0.717) is 56.6 Å². The molecule has 1 N–H and O–H groups in total. The number of methoxy groups -OCH3 is 1. The Morgan fingerprint density at radius 1 is 0.911 bits per heavy atom. The number of hydrogen-bond donors (Lipinski definition) is 1. The minimum Gasteiger partial charge on any atom is -0.496 e. The molecule has 0 radical (unpaired) electrons. The van der Waals surface area contributed by atoms with Gasteiger partial charge < -0.3 is 19.5 Å². The van der Waals surface area contributed by atoms with E-state index in [1.54, 1.807) is 80.6 Å². The van der Waals surface area contributed by atoms with Crippen molar-refractivity contribution in [1.29, 1.82) is 0 Å². The van der Waals surface area contributed by atoms with Crippen LogP contribution < -0.4 is 14.4 Å². The molecule has 45 heavy (non-hydrogen) atoms. The number of carboxylic acid groups (broad SMARTS) is 1. The Balaban J connectivity index is 1.78. The molecule has 4 rings (SSSR count). The number of carboxylic acids is 1. The summed E-state index contributed by atoms with van der Waals surface area (Å²) in [6, 6.07) is 21.8. The molecular formula is C35H33ClF3NO5. The third-order valence-corrected chi connectivity index (χ3v) is 7.56. The first-order chi connectivity index (χ1) is 21.2. The molecule has 0 saturated carbocycles. The lowest BCUT2D eigenvalue weighted by Crippen LogP contribution is -2.39. The molecule has 0 unspecified atom stereocenters. The molecule has 0 aromatic heterocycles. The molecule has 0 aliphatic rings. The second-order valence-corrected chi connectivity index (χ2v) is 11.3. The highest BCUT2D eigenvalue weighted by molar-refractivity contribution is 6.30. The van der Waals surface area contributed by atoms with Gasteiger partial charge in [0.05, 0.1) is 19.1 Å². The topological polar surface area (TPSA) is 76.1 Å². The molecule has 10 heteroatoms. The van der Waals surface area contributed by atoms with Crippen LogP contribution in [0.5, 0.6) is 11.5 Å². The second kappa shape index (κ2) is 13.6. The molecular weight excluding hydrogens is 607 g/mol. The standard InChI is InChI=1S/C35H33ClF3NO5/c1-5-40(30-9-7-6-8-28(30)33(43)34(2,3)45-26-14-12-25(36)13-15-26)21-23-20-24(35(37,38)39)11-16-27(23)29-18-22(19-32(41)42)10-17-31(29)44-4/h6-18,20H,5,19,21H2,1-4H3,(H,41,42). The van der Waals surface area contributed by atoms with Crippen LogP contribution in [0.2, 0.25) is 5.02 Å². The van der Waals surface area contributed by atoms with Crippen molar-refractivity contribution in [2.45, 2.75) is 45.5 Å². The molecule has 0 aliphatic heterocycles. The number of aliphatic carboxylic acids is 1. The summed E-state index contributed by atoms with van der Waals surface area (Å²) in [5, 5.41) is 9.85. The Morgan fingerprint density at radius 3 is 2.22 bits per heavy atom. The van der Waals surface area contributed by atoms with Crippen molar-refractivity contribution in [2.75, 3.05) is 18.6 Å². The van der Waals surface area contributed by atoms with E-state index in [1.807, 2.05) is 11.8 Å². The molecule has 0 fully saturated rings. The molecule has 0 amide bonds. The summed E-state index contributed by atoms with van der Waals surface area (Å²) in [5.74, 6) is -0.529. The SMILES string of the molecule is CCN(Cc1cc(C(F)(F)F)ccc1-c1cc(CC(=O)O)ccc1OC)c1ccccc1C(=O)C(C)(C)Oc1ccc(Cl)cc1. The second-order valence-electron chi connectivity index (χ2n) is 10.9. The molecule has 236 valence electrons. The zero-order valence-corrected chi connectivity index (χ0v) is 26.0. The highest BCUT2D eigenvalue weighted by Gasteiger charge is 2.34. The van der Waals surface area contributed by atoms with Crippen LogP contribution in [0.4, 0.5) is 18.9 Å². The minimum atomic E-state index is -4.60. The van der Waals surface area contributed by atoms with Gasteiger partial charge in [-0.1, -0.05) is 35.9 Å². The van der Waals surface area contributed by atoms with Crippen LogP contribution in [0.1, 0.15) is 47.8 Å². The summed E-state index contributed by atoms with van der Waals surface area (Å²) in [7, 11) is 1.44. The maximum atomic E-state index is 13.9. The predicted octanol–water partition coefficient (Wildman–Crippen LogP) is 8.73. The van der Waals surface area contributed by atoms with E-state index < -0.39 is 23.3 Å². The van der Waals surface area contributed by atoms with Crippen molar-refractivity contribution in [1.82, 2.24) is 0 Å². The number of rotatable bonds is 12. The number of para-hydroxylation sites is 1. The van der Waals surface area contributed by atoms with Crippen LogP contribution in [0.15, 0.2) is 84.9 Å². The average Bonchev–Trinajstić information content (AvgIpc) is 2.99. The van der Waals surface area contributed by atoms with Crippen molar-refractivity contribution in [2.24, 2.45) is 0 Å². The average molecular weight is 640 g/mol. The number of alkyl halides is 3. The van der Waals surface area contributed by atoms with E-state index in [4.69, 9.17) is 21.1 Å². The van der Waals surface area contributed by atoms with E-state index in [9.17, 15) is 27.9 Å². The lowest BCUT2D eigenvalue weighted by atomic mass is 9.92.